The monoisotopic (exact) mass is 388 g/mol. The van der Waals surface area contributed by atoms with Crippen molar-refractivity contribution in [2.24, 2.45) is 0 Å². The molecule has 3 nitrogen and oxygen atoms in total. The molecule has 19 heavy (non-hydrogen) atoms. The van der Waals surface area contributed by atoms with Gasteiger partial charge < -0.3 is 0 Å². The van der Waals surface area contributed by atoms with Gasteiger partial charge in [0.1, 0.15) is 11.5 Å². The van der Waals surface area contributed by atoms with Crippen molar-refractivity contribution in [3.8, 4) is 0 Å². The van der Waals surface area contributed by atoms with E-state index in [1.165, 1.54) is 6.07 Å². The average Bonchev–Trinajstić information content (AvgIpc) is 2.70. The highest BCUT2D eigenvalue weighted by molar-refractivity contribution is 9.10. The minimum absolute atomic E-state index is 0.01000. The predicted octanol–water partition coefficient (Wildman–Crippen LogP) is 4.36. The Bertz CT molecular complexity index is 617. The molecule has 0 saturated heterocycles. The van der Waals surface area contributed by atoms with Crippen LogP contribution in [-0.4, -0.2) is 15.6 Å². The van der Waals surface area contributed by atoms with Crippen LogP contribution >= 0.6 is 31.9 Å². The summed E-state index contributed by atoms with van der Waals surface area (Å²) < 4.78 is 16.4. The van der Waals surface area contributed by atoms with Crippen LogP contribution in [0.15, 0.2) is 33.3 Å². The van der Waals surface area contributed by atoms with E-state index in [-0.39, 0.29) is 11.6 Å². The maximum atomic E-state index is 13.9. The molecule has 0 atom stereocenters. The number of rotatable bonds is 3. The third kappa shape index (κ3) is 2.65. The second-order valence-corrected chi connectivity index (χ2v) is 6.01. The van der Waals surface area contributed by atoms with Gasteiger partial charge in [0.05, 0.1) is 16.2 Å². The molecule has 2 aromatic rings. The summed E-state index contributed by atoms with van der Waals surface area (Å²) >= 11 is 6.50. The van der Waals surface area contributed by atoms with Crippen LogP contribution in [0.4, 0.5) is 4.39 Å². The van der Waals surface area contributed by atoms with Gasteiger partial charge in [0.25, 0.3) is 0 Å². The molecule has 1 heterocycles. The normalized spacial score (nSPS) is 11.1. The highest BCUT2D eigenvalue weighted by Gasteiger charge is 2.24. The number of ketones is 1. The summed E-state index contributed by atoms with van der Waals surface area (Å²) in [5.74, 6) is -0.953. The van der Waals surface area contributed by atoms with Gasteiger partial charge in [0, 0.05) is 10.5 Å². The zero-order chi connectivity index (χ0) is 14.2. The van der Waals surface area contributed by atoms with E-state index in [2.05, 4.69) is 37.0 Å². The summed E-state index contributed by atoms with van der Waals surface area (Å²) in [6.07, 6.45) is 1.54. The lowest BCUT2D eigenvalue weighted by Gasteiger charge is -2.11. The molecule has 0 amide bonds. The molecule has 0 aliphatic heterocycles. The largest absolute Gasteiger partial charge is 0.287 e. The zero-order valence-electron chi connectivity index (χ0n) is 10.3. The van der Waals surface area contributed by atoms with Crippen LogP contribution in [0.25, 0.3) is 0 Å². The molecule has 6 heteroatoms. The maximum absolute atomic E-state index is 13.9. The molecule has 0 saturated carbocycles. The molecule has 0 radical (unpaired) electrons. The van der Waals surface area contributed by atoms with E-state index < -0.39 is 11.6 Å². The van der Waals surface area contributed by atoms with Gasteiger partial charge in [-0.15, -0.1) is 0 Å². The first-order valence-corrected chi connectivity index (χ1v) is 7.23. The molecule has 0 bridgehead atoms. The molecule has 2 rings (SSSR count). The number of carbonyl (C=O) groups is 1. The Morgan fingerprint density at radius 2 is 2.00 bits per heavy atom. The second kappa shape index (κ2) is 5.54. The highest BCUT2D eigenvalue weighted by Crippen LogP contribution is 2.27. The van der Waals surface area contributed by atoms with E-state index in [1.54, 1.807) is 23.0 Å². The molecule has 1 aromatic carbocycles. The summed E-state index contributed by atoms with van der Waals surface area (Å²) in [7, 11) is 0. The number of hydrogen-bond acceptors (Lipinski definition) is 2. The number of halogens is 3. The smallest absolute Gasteiger partial charge is 0.216 e. The Hall–Kier alpha value is -1.01. The van der Waals surface area contributed by atoms with Crippen LogP contribution in [0.1, 0.15) is 35.9 Å². The lowest BCUT2D eigenvalue weighted by molar-refractivity contribution is 0.102. The van der Waals surface area contributed by atoms with Gasteiger partial charge in [-0.25, -0.2) is 4.39 Å². The fraction of sp³-hybridized carbons (Fsp3) is 0.231. The second-order valence-electron chi connectivity index (χ2n) is 4.31. The minimum Gasteiger partial charge on any atom is -0.287 e. The third-order valence-corrected chi connectivity index (χ3v) is 3.89. The van der Waals surface area contributed by atoms with Crippen molar-refractivity contribution in [2.45, 2.75) is 19.9 Å². The van der Waals surface area contributed by atoms with Gasteiger partial charge in [-0.3, -0.25) is 9.48 Å². The van der Waals surface area contributed by atoms with Gasteiger partial charge in [-0.2, -0.15) is 5.10 Å². The summed E-state index contributed by atoms with van der Waals surface area (Å²) in [6, 6.07) is 4.46. The molecular formula is C13H11Br2FN2O. The maximum Gasteiger partial charge on any atom is 0.216 e. The van der Waals surface area contributed by atoms with E-state index in [0.29, 0.717) is 14.6 Å². The summed E-state index contributed by atoms with van der Waals surface area (Å²) in [4.78, 5) is 12.5. The molecule has 100 valence electrons. The number of benzene rings is 1. The SMILES string of the molecule is CC(C)n1ncc(Br)c1C(=O)c1c(F)cccc1Br. The molecule has 1 aromatic heterocycles. The van der Waals surface area contributed by atoms with Crippen LogP contribution in [-0.2, 0) is 0 Å². The predicted molar refractivity (Wildman–Crippen MR) is 77.8 cm³/mol. The molecule has 0 aliphatic rings. The summed E-state index contributed by atoms with van der Waals surface area (Å²) in [6.45, 7) is 3.82. The van der Waals surface area contributed by atoms with Crippen molar-refractivity contribution < 1.29 is 9.18 Å². The van der Waals surface area contributed by atoms with Gasteiger partial charge in [-0.05, 0) is 57.8 Å². The van der Waals surface area contributed by atoms with Crippen LogP contribution < -0.4 is 0 Å². The van der Waals surface area contributed by atoms with Crippen LogP contribution in [0, 0.1) is 5.82 Å². The van der Waals surface area contributed by atoms with E-state index in [0.717, 1.165) is 0 Å². The minimum atomic E-state index is -0.553. The Labute approximate surface area is 127 Å². The summed E-state index contributed by atoms with van der Waals surface area (Å²) in [5, 5.41) is 4.13. The Balaban J connectivity index is 2.60. The van der Waals surface area contributed by atoms with Gasteiger partial charge >= 0.3 is 0 Å². The Morgan fingerprint density at radius 3 is 2.58 bits per heavy atom. The molecule has 0 spiro atoms. The van der Waals surface area contributed by atoms with Crippen LogP contribution in [0.5, 0.6) is 0 Å². The lowest BCUT2D eigenvalue weighted by atomic mass is 10.1. The number of hydrogen-bond donors (Lipinski definition) is 0. The first-order valence-electron chi connectivity index (χ1n) is 5.65. The molecule has 0 N–H and O–H groups in total. The van der Waals surface area contributed by atoms with Crippen LogP contribution in [0.3, 0.4) is 0 Å². The van der Waals surface area contributed by atoms with E-state index in [9.17, 15) is 9.18 Å². The van der Waals surface area contributed by atoms with Crippen molar-refractivity contribution in [1.82, 2.24) is 9.78 Å². The van der Waals surface area contributed by atoms with Crippen molar-refractivity contribution in [1.29, 1.82) is 0 Å². The molecule has 0 aliphatic carbocycles. The molecular weight excluding hydrogens is 379 g/mol. The van der Waals surface area contributed by atoms with E-state index in [4.69, 9.17) is 0 Å². The fourth-order valence-electron chi connectivity index (χ4n) is 1.78. The van der Waals surface area contributed by atoms with Crippen molar-refractivity contribution in [2.75, 3.05) is 0 Å². The lowest BCUT2D eigenvalue weighted by Crippen LogP contribution is -2.15. The third-order valence-electron chi connectivity index (χ3n) is 2.64. The topological polar surface area (TPSA) is 34.9 Å². The average molecular weight is 390 g/mol. The molecule has 0 unspecified atom stereocenters. The van der Waals surface area contributed by atoms with Gasteiger partial charge in [0.15, 0.2) is 0 Å². The summed E-state index contributed by atoms with van der Waals surface area (Å²) in [5.41, 5.74) is 0.367. The Morgan fingerprint density at radius 1 is 1.32 bits per heavy atom. The van der Waals surface area contributed by atoms with Gasteiger partial charge in [-0.1, -0.05) is 6.07 Å². The van der Waals surface area contributed by atoms with E-state index >= 15 is 0 Å². The molecule has 0 fully saturated rings. The number of nitrogens with zero attached hydrogens (tertiary/aromatic N) is 2. The number of carbonyl (C=O) groups excluding carboxylic acids is 1. The highest BCUT2D eigenvalue weighted by atomic mass is 79.9. The van der Waals surface area contributed by atoms with E-state index in [1.807, 2.05) is 13.8 Å². The Kier molecular flexibility index (Phi) is 4.20. The first-order chi connectivity index (χ1) is 8.93. The zero-order valence-corrected chi connectivity index (χ0v) is 13.5. The van der Waals surface area contributed by atoms with Crippen molar-refractivity contribution >= 4 is 37.6 Å². The van der Waals surface area contributed by atoms with Crippen molar-refractivity contribution in [3.63, 3.8) is 0 Å². The van der Waals surface area contributed by atoms with Gasteiger partial charge in [0.2, 0.25) is 5.78 Å². The van der Waals surface area contributed by atoms with Crippen LogP contribution in [0.2, 0.25) is 0 Å². The first kappa shape index (κ1) is 14.4. The fourth-order valence-corrected chi connectivity index (χ4v) is 2.75. The standard InChI is InChI=1S/C13H11Br2FN2O/c1-7(2)18-12(9(15)6-17-18)13(19)11-8(14)4-3-5-10(11)16/h3-7H,1-2H3. The van der Waals surface area contributed by atoms with Crippen molar-refractivity contribution in [3.05, 3.63) is 50.4 Å². The number of aromatic nitrogens is 2. The quantitative estimate of drug-likeness (QED) is 0.731.